The van der Waals surface area contributed by atoms with Gasteiger partial charge in [0.05, 0.1) is 5.69 Å². The highest BCUT2D eigenvalue weighted by Crippen LogP contribution is 2.12. The lowest BCUT2D eigenvalue weighted by molar-refractivity contribution is 0.812. The third-order valence-electron chi connectivity index (χ3n) is 1.69. The number of halogens is 1. The molecule has 6 heteroatoms. The first-order chi connectivity index (χ1) is 6.66. The van der Waals surface area contributed by atoms with Crippen LogP contribution in [0.15, 0.2) is 18.2 Å². The number of anilines is 1. The number of hydrogen-bond donors (Lipinski definition) is 1. The van der Waals surface area contributed by atoms with Gasteiger partial charge in [-0.25, -0.2) is 0 Å². The Kier molecular flexibility index (Phi) is 2.09. The van der Waals surface area contributed by atoms with Gasteiger partial charge in [-0.05, 0) is 19.1 Å². The molecule has 0 spiro atoms. The molecule has 0 atom stereocenters. The summed E-state index contributed by atoms with van der Waals surface area (Å²) in [6.45, 7) is 1.86. The maximum absolute atomic E-state index is 5.71. The summed E-state index contributed by atoms with van der Waals surface area (Å²) < 4.78 is 1.51. The van der Waals surface area contributed by atoms with Crippen molar-refractivity contribution in [2.75, 3.05) is 5.73 Å². The fourth-order valence-electron chi connectivity index (χ4n) is 1.12. The number of rotatable bonds is 1. The SMILES string of the molecule is Cc1cc(N)n(-c2ccc(Cl)nn2)n1. The number of nitrogens with two attached hydrogens (primary N) is 1. The molecule has 2 aromatic heterocycles. The highest BCUT2D eigenvalue weighted by atomic mass is 35.5. The normalized spacial score (nSPS) is 10.4. The van der Waals surface area contributed by atoms with Gasteiger partial charge < -0.3 is 5.73 Å². The minimum absolute atomic E-state index is 0.344. The van der Waals surface area contributed by atoms with Crippen LogP contribution in [0.25, 0.3) is 5.82 Å². The molecule has 0 radical (unpaired) electrons. The lowest BCUT2D eigenvalue weighted by atomic mass is 10.5. The maximum Gasteiger partial charge on any atom is 0.178 e. The van der Waals surface area contributed by atoms with Crippen molar-refractivity contribution in [2.24, 2.45) is 0 Å². The van der Waals surface area contributed by atoms with E-state index in [1.807, 2.05) is 6.92 Å². The molecule has 0 aliphatic carbocycles. The standard InChI is InChI=1S/C8H8ClN5/c1-5-4-7(10)14(13-5)8-3-2-6(9)11-12-8/h2-4H,10H2,1H3. The zero-order valence-electron chi connectivity index (χ0n) is 7.48. The second-order valence-corrected chi connectivity index (χ2v) is 3.22. The number of aromatic nitrogens is 4. The lowest BCUT2D eigenvalue weighted by Crippen LogP contribution is -2.04. The molecule has 0 fully saturated rings. The van der Waals surface area contributed by atoms with Crippen molar-refractivity contribution in [3.63, 3.8) is 0 Å². The van der Waals surface area contributed by atoms with Crippen molar-refractivity contribution in [1.82, 2.24) is 20.0 Å². The maximum atomic E-state index is 5.71. The summed E-state index contributed by atoms with van der Waals surface area (Å²) in [5.74, 6) is 1.08. The molecule has 0 saturated heterocycles. The van der Waals surface area contributed by atoms with Gasteiger partial charge in [0.1, 0.15) is 5.82 Å². The molecule has 0 saturated carbocycles. The van der Waals surface area contributed by atoms with E-state index in [4.69, 9.17) is 17.3 Å². The Bertz CT molecular complexity index is 447. The second kappa shape index (κ2) is 3.26. The molecule has 5 nitrogen and oxygen atoms in total. The number of nitrogen functional groups attached to an aromatic ring is 1. The molecule has 0 aliphatic rings. The van der Waals surface area contributed by atoms with Crippen molar-refractivity contribution < 1.29 is 0 Å². The summed E-state index contributed by atoms with van der Waals surface area (Å²) in [5, 5.41) is 12.1. The Balaban J connectivity index is 2.49. The van der Waals surface area contributed by atoms with Crippen LogP contribution in [0.1, 0.15) is 5.69 Å². The van der Waals surface area contributed by atoms with Crippen LogP contribution in [0, 0.1) is 6.92 Å². The predicted octanol–water partition coefficient (Wildman–Crippen LogP) is 1.21. The molecular formula is C8H8ClN5. The highest BCUT2D eigenvalue weighted by molar-refractivity contribution is 6.29. The predicted molar refractivity (Wildman–Crippen MR) is 53.3 cm³/mol. The van der Waals surface area contributed by atoms with Crippen molar-refractivity contribution in [2.45, 2.75) is 6.92 Å². The van der Waals surface area contributed by atoms with Crippen molar-refractivity contribution in [3.05, 3.63) is 29.0 Å². The van der Waals surface area contributed by atoms with Crippen molar-refractivity contribution in [1.29, 1.82) is 0 Å². The van der Waals surface area contributed by atoms with Crippen LogP contribution in [0.4, 0.5) is 5.82 Å². The summed E-state index contributed by atoms with van der Waals surface area (Å²) in [5.41, 5.74) is 6.54. The van der Waals surface area contributed by atoms with Crippen LogP contribution in [-0.2, 0) is 0 Å². The quantitative estimate of drug-likeness (QED) is 0.767. The van der Waals surface area contributed by atoms with E-state index >= 15 is 0 Å². The Morgan fingerprint density at radius 1 is 1.36 bits per heavy atom. The first-order valence-corrected chi connectivity index (χ1v) is 4.36. The number of aryl methyl sites for hydroxylation is 1. The molecule has 2 heterocycles. The molecule has 72 valence electrons. The smallest absolute Gasteiger partial charge is 0.178 e. The summed E-state index contributed by atoms with van der Waals surface area (Å²) in [6, 6.07) is 5.11. The van der Waals surface area contributed by atoms with Crippen molar-refractivity contribution >= 4 is 17.4 Å². The van der Waals surface area contributed by atoms with Gasteiger partial charge in [0.2, 0.25) is 0 Å². The zero-order valence-corrected chi connectivity index (χ0v) is 8.23. The van der Waals surface area contributed by atoms with Gasteiger partial charge in [0.25, 0.3) is 0 Å². The van der Waals surface area contributed by atoms with Crippen LogP contribution in [0.2, 0.25) is 5.15 Å². The van der Waals surface area contributed by atoms with Crippen LogP contribution in [-0.4, -0.2) is 20.0 Å². The third kappa shape index (κ3) is 1.54. The average molecular weight is 210 g/mol. The lowest BCUT2D eigenvalue weighted by Gasteiger charge is -2.00. The molecule has 2 aromatic rings. The van der Waals surface area contributed by atoms with Crippen LogP contribution >= 0.6 is 11.6 Å². The topological polar surface area (TPSA) is 69.6 Å². The molecule has 2 rings (SSSR count). The summed E-state index contributed by atoms with van der Waals surface area (Å²) in [7, 11) is 0. The largest absolute Gasteiger partial charge is 0.384 e. The Morgan fingerprint density at radius 3 is 2.64 bits per heavy atom. The molecular weight excluding hydrogens is 202 g/mol. The van der Waals surface area contributed by atoms with E-state index in [0.29, 0.717) is 16.8 Å². The monoisotopic (exact) mass is 209 g/mol. The molecule has 0 unspecified atom stereocenters. The fourth-order valence-corrected chi connectivity index (χ4v) is 1.23. The van der Waals surface area contributed by atoms with Gasteiger partial charge in [0, 0.05) is 6.07 Å². The van der Waals surface area contributed by atoms with E-state index in [-0.39, 0.29) is 0 Å². The number of nitrogens with zero attached hydrogens (tertiary/aromatic N) is 4. The molecule has 0 aromatic carbocycles. The van der Waals surface area contributed by atoms with Crippen molar-refractivity contribution in [3.8, 4) is 5.82 Å². The molecule has 2 N–H and O–H groups in total. The zero-order chi connectivity index (χ0) is 10.1. The Hall–Kier alpha value is -1.62. The number of hydrogen-bond acceptors (Lipinski definition) is 4. The first-order valence-electron chi connectivity index (χ1n) is 3.98. The van der Waals surface area contributed by atoms with Crippen LogP contribution < -0.4 is 5.73 Å². The minimum Gasteiger partial charge on any atom is -0.384 e. The van der Waals surface area contributed by atoms with Crippen LogP contribution in [0.3, 0.4) is 0 Å². The van der Waals surface area contributed by atoms with Gasteiger partial charge >= 0.3 is 0 Å². The van der Waals surface area contributed by atoms with E-state index < -0.39 is 0 Å². The van der Waals surface area contributed by atoms with E-state index in [2.05, 4.69) is 15.3 Å². The molecule has 14 heavy (non-hydrogen) atoms. The molecule has 0 aliphatic heterocycles. The average Bonchev–Trinajstić information content (AvgIpc) is 2.47. The first kappa shape index (κ1) is 8.96. The summed E-state index contributed by atoms with van der Waals surface area (Å²) in [4.78, 5) is 0. The Labute approximate surface area is 85.5 Å². The van der Waals surface area contributed by atoms with Gasteiger partial charge in [-0.3, -0.25) is 0 Å². The van der Waals surface area contributed by atoms with Crippen LogP contribution in [0.5, 0.6) is 0 Å². The third-order valence-corrected chi connectivity index (χ3v) is 1.90. The molecule has 0 amide bonds. The van der Waals surface area contributed by atoms with Gasteiger partial charge in [-0.1, -0.05) is 11.6 Å². The minimum atomic E-state index is 0.344. The summed E-state index contributed by atoms with van der Waals surface area (Å²) >= 11 is 5.61. The van der Waals surface area contributed by atoms with E-state index in [0.717, 1.165) is 5.69 Å². The molecule has 0 bridgehead atoms. The second-order valence-electron chi connectivity index (χ2n) is 2.84. The van der Waals surface area contributed by atoms with E-state index in [9.17, 15) is 0 Å². The van der Waals surface area contributed by atoms with Gasteiger partial charge in [-0.15, -0.1) is 10.2 Å². The van der Waals surface area contributed by atoms with Gasteiger partial charge in [0.15, 0.2) is 11.0 Å². The highest BCUT2D eigenvalue weighted by Gasteiger charge is 2.05. The van der Waals surface area contributed by atoms with E-state index in [1.54, 1.807) is 18.2 Å². The van der Waals surface area contributed by atoms with E-state index in [1.165, 1.54) is 4.68 Å². The Morgan fingerprint density at radius 2 is 2.14 bits per heavy atom. The fraction of sp³-hybridized carbons (Fsp3) is 0.125. The van der Waals surface area contributed by atoms with Gasteiger partial charge in [-0.2, -0.15) is 9.78 Å². The summed E-state index contributed by atoms with van der Waals surface area (Å²) in [6.07, 6.45) is 0.